The van der Waals surface area contributed by atoms with Gasteiger partial charge in [-0.1, -0.05) is 11.6 Å². The van der Waals surface area contributed by atoms with Crippen LogP contribution in [0.3, 0.4) is 0 Å². The average Bonchev–Trinajstić information content (AvgIpc) is 2.46. The van der Waals surface area contributed by atoms with Gasteiger partial charge in [-0.05, 0) is 49.8 Å². The van der Waals surface area contributed by atoms with Crippen LogP contribution in [0.2, 0.25) is 5.02 Å². The van der Waals surface area contributed by atoms with Crippen molar-refractivity contribution in [2.45, 2.75) is 38.4 Å². The van der Waals surface area contributed by atoms with Crippen molar-refractivity contribution in [1.29, 1.82) is 0 Å². The maximum atomic E-state index is 9.11. The summed E-state index contributed by atoms with van der Waals surface area (Å²) in [5.41, 5.74) is 0.985. The number of rotatable bonds is 5. The van der Waals surface area contributed by atoms with Crippen molar-refractivity contribution in [3.05, 3.63) is 28.8 Å². The molecule has 0 bridgehead atoms. The third-order valence-corrected chi connectivity index (χ3v) is 4.00. The number of halogens is 1. The predicted octanol–water partition coefficient (Wildman–Crippen LogP) is 3.42. The van der Waals surface area contributed by atoms with Crippen molar-refractivity contribution >= 4 is 11.6 Å². The van der Waals surface area contributed by atoms with E-state index in [9.17, 15) is 0 Å². The first kappa shape index (κ1) is 14.6. The third kappa shape index (κ3) is 4.10. The normalized spacial score (nSPS) is 23.3. The van der Waals surface area contributed by atoms with E-state index in [0.29, 0.717) is 24.2 Å². The number of hydrogen-bond donors (Lipinski definition) is 1. The van der Waals surface area contributed by atoms with Crippen LogP contribution in [0.1, 0.15) is 31.2 Å². The van der Waals surface area contributed by atoms with E-state index in [1.807, 2.05) is 18.2 Å². The Morgan fingerprint density at radius 3 is 2.63 bits per heavy atom. The zero-order valence-electron chi connectivity index (χ0n) is 11.3. The maximum Gasteiger partial charge on any atom is 0.124 e. The summed E-state index contributed by atoms with van der Waals surface area (Å²) in [5, 5.41) is 9.81. The molecule has 1 aromatic rings. The summed E-state index contributed by atoms with van der Waals surface area (Å²) in [4.78, 5) is 0. The fourth-order valence-corrected chi connectivity index (χ4v) is 2.74. The smallest absolute Gasteiger partial charge is 0.124 e. The van der Waals surface area contributed by atoms with E-state index in [0.717, 1.165) is 37.0 Å². The summed E-state index contributed by atoms with van der Waals surface area (Å²) in [7, 11) is 1.65. The van der Waals surface area contributed by atoms with Gasteiger partial charge in [-0.15, -0.1) is 0 Å². The molecule has 1 aromatic carbocycles. The van der Waals surface area contributed by atoms with Crippen LogP contribution < -0.4 is 4.74 Å². The van der Waals surface area contributed by atoms with Crippen LogP contribution in [0.15, 0.2) is 18.2 Å². The van der Waals surface area contributed by atoms with Crippen LogP contribution in [0.4, 0.5) is 0 Å². The molecule has 19 heavy (non-hydrogen) atoms. The number of aliphatic hydroxyl groups is 1. The van der Waals surface area contributed by atoms with Gasteiger partial charge in [-0.25, -0.2) is 0 Å². The lowest BCUT2D eigenvalue weighted by Gasteiger charge is -2.27. The van der Waals surface area contributed by atoms with Crippen molar-refractivity contribution in [1.82, 2.24) is 0 Å². The molecule has 1 fully saturated rings. The quantitative estimate of drug-likeness (QED) is 0.900. The van der Waals surface area contributed by atoms with Gasteiger partial charge < -0.3 is 14.6 Å². The summed E-state index contributed by atoms with van der Waals surface area (Å²) >= 11 is 5.99. The minimum atomic E-state index is 0.284. The van der Waals surface area contributed by atoms with Gasteiger partial charge in [0.15, 0.2) is 0 Å². The van der Waals surface area contributed by atoms with Crippen LogP contribution in [0.5, 0.6) is 5.75 Å². The van der Waals surface area contributed by atoms with E-state index in [-0.39, 0.29) is 6.10 Å². The Morgan fingerprint density at radius 1 is 1.26 bits per heavy atom. The van der Waals surface area contributed by atoms with E-state index in [1.54, 1.807) is 7.11 Å². The Hall–Kier alpha value is -0.770. The molecular formula is C15H21ClO3. The van der Waals surface area contributed by atoms with E-state index >= 15 is 0 Å². The Kier molecular flexibility index (Phi) is 5.49. The second-order valence-electron chi connectivity index (χ2n) is 5.09. The van der Waals surface area contributed by atoms with Crippen molar-refractivity contribution < 1.29 is 14.6 Å². The molecule has 0 aliphatic heterocycles. The SMILES string of the molecule is COc1ccc(Cl)cc1COC1CCC(CO)CC1. The highest BCUT2D eigenvalue weighted by Gasteiger charge is 2.21. The summed E-state index contributed by atoms with van der Waals surface area (Å²) in [6.07, 6.45) is 4.43. The molecule has 0 aromatic heterocycles. The topological polar surface area (TPSA) is 38.7 Å². The zero-order chi connectivity index (χ0) is 13.7. The second-order valence-corrected chi connectivity index (χ2v) is 5.53. The summed E-state index contributed by atoms with van der Waals surface area (Å²) < 4.78 is 11.2. The first-order chi connectivity index (χ1) is 9.22. The zero-order valence-corrected chi connectivity index (χ0v) is 12.0. The first-order valence-electron chi connectivity index (χ1n) is 6.77. The van der Waals surface area contributed by atoms with Gasteiger partial charge >= 0.3 is 0 Å². The van der Waals surface area contributed by atoms with Crippen LogP contribution in [0.25, 0.3) is 0 Å². The van der Waals surface area contributed by atoms with Gasteiger partial charge in [0, 0.05) is 17.2 Å². The Labute approximate surface area is 119 Å². The van der Waals surface area contributed by atoms with E-state index in [4.69, 9.17) is 26.2 Å². The molecular weight excluding hydrogens is 264 g/mol. The molecule has 0 atom stereocenters. The summed E-state index contributed by atoms with van der Waals surface area (Å²) in [6, 6.07) is 5.57. The average molecular weight is 285 g/mol. The van der Waals surface area contributed by atoms with Gasteiger partial charge in [0.05, 0.1) is 19.8 Å². The van der Waals surface area contributed by atoms with Crippen molar-refractivity contribution in [2.24, 2.45) is 5.92 Å². The lowest BCUT2D eigenvalue weighted by Crippen LogP contribution is -2.23. The van der Waals surface area contributed by atoms with E-state index < -0.39 is 0 Å². The fourth-order valence-electron chi connectivity index (χ4n) is 2.55. The van der Waals surface area contributed by atoms with Gasteiger partial charge in [-0.2, -0.15) is 0 Å². The van der Waals surface area contributed by atoms with Crippen molar-refractivity contribution in [3.63, 3.8) is 0 Å². The molecule has 3 nitrogen and oxygen atoms in total. The molecule has 2 rings (SSSR count). The summed E-state index contributed by atoms with van der Waals surface area (Å²) in [6.45, 7) is 0.826. The van der Waals surface area contributed by atoms with Gasteiger partial charge in [0.25, 0.3) is 0 Å². The maximum absolute atomic E-state index is 9.11. The molecule has 0 radical (unpaired) electrons. The molecule has 1 aliphatic rings. The number of benzene rings is 1. The highest BCUT2D eigenvalue weighted by molar-refractivity contribution is 6.30. The molecule has 1 N–H and O–H groups in total. The minimum absolute atomic E-state index is 0.284. The van der Waals surface area contributed by atoms with Gasteiger partial charge in [-0.3, -0.25) is 0 Å². The molecule has 0 spiro atoms. The Bertz CT molecular complexity index is 400. The lowest BCUT2D eigenvalue weighted by atomic mass is 9.88. The summed E-state index contributed by atoms with van der Waals surface area (Å²) in [5.74, 6) is 1.27. The predicted molar refractivity (Wildman–Crippen MR) is 75.6 cm³/mol. The molecule has 1 saturated carbocycles. The van der Waals surface area contributed by atoms with Crippen LogP contribution in [-0.2, 0) is 11.3 Å². The minimum Gasteiger partial charge on any atom is -0.496 e. The number of hydrogen-bond acceptors (Lipinski definition) is 3. The number of ether oxygens (including phenoxy) is 2. The molecule has 4 heteroatoms. The standard InChI is InChI=1S/C15H21ClO3/c1-18-15-7-4-13(16)8-12(15)10-19-14-5-2-11(9-17)3-6-14/h4,7-8,11,14,17H,2-3,5-6,9-10H2,1H3. The highest BCUT2D eigenvalue weighted by atomic mass is 35.5. The molecule has 106 valence electrons. The molecule has 0 heterocycles. The fraction of sp³-hybridized carbons (Fsp3) is 0.600. The highest BCUT2D eigenvalue weighted by Crippen LogP contribution is 2.28. The first-order valence-corrected chi connectivity index (χ1v) is 7.15. The number of aliphatic hydroxyl groups excluding tert-OH is 1. The van der Waals surface area contributed by atoms with E-state index in [2.05, 4.69) is 0 Å². The lowest BCUT2D eigenvalue weighted by molar-refractivity contribution is 0.000546. The monoisotopic (exact) mass is 284 g/mol. The van der Waals surface area contributed by atoms with Crippen LogP contribution in [-0.4, -0.2) is 24.9 Å². The van der Waals surface area contributed by atoms with Crippen molar-refractivity contribution in [3.8, 4) is 5.75 Å². The van der Waals surface area contributed by atoms with Crippen LogP contribution in [0, 0.1) is 5.92 Å². The van der Waals surface area contributed by atoms with E-state index in [1.165, 1.54) is 0 Å². The van der Waals surface area contributed by atoms with Crippen molar-refractivity contribution in [2.75, 3.05) is 13.7 Å². The number of methoxy groups -OCH3 is 1. The van der Waals surface area contributed by atoms with Gasteiger partial charge in [0.1, 0.15) is 5.75 Å². The van der Waals surface area contributed by atoms with Gasteiger partial charge in [0.2, 0.25) is 0 Å². The Morgan fingerprint density at radius 2 is 2.00 bits per heavy atom. The molecule has 1 aliphatic carbocycles. The molecule has 0 unspecified atom stereocenters. The van der Waals surface area contributed by atoms with Crippen LogP contribution >= 0.6 is 11.6 Å². The Balaban J connectivity index is 1.87. The third-order valence-electron chi connectivity index (χ3n) is 3.77. The molecule has 0 saturated heterocycles. The largest absolute Gasteiger partial charge is 0.496 e. The second kappa shape index (κ2) is 7.13. The molecule has 0 amide bonds.